The van der Waals surface area contributed by atoms with Crippen molar-refractivity contribution in [1.82, 2.24) is 15.1 Å². The molecule has 1 saturated carbocycles. The van der Waals surface area contributed by atoms with Crippen molar-refractivity contribution in [3.8, 4) is 0 Å². The summed E-state index contributed by atoms with van der Waals surface area (Å²) in [5.74, 6) is -0.405. The zero-order valence-electron chi connectivity index (χ0n) is 15.4. The third kappa shape index (κ3) is 5.57. The molecule has 1 unspecified atom stereocenters. The number of rotatable bonds is 6. The molecule has 2 aliphatic rings. The predicted octanol–water partition coefficient (Wildman–Crippen LogP) is 2.01. The standard InChI is InChI=1S/C19H26ClN3O4/c1-22(12-18(24)25)10-17-11-23(6-7-27-17)19(26)21-16-8-14(9-16)13-2-4-15(20)5-3-13/h2-5,14,16-17H,6-12H2,1H3,(H,21,26)(H,24,25). The number of carbonyl (C=O) groups is 2. The molecule has 1 aromatic rings. The van der Waals surface area contributed by atoms with Crippen molar-refractivity contribution in [3.63, 3.8) is 0 Å². The van der Waals surface area contributed by atoms with Crippen LogP contribution >= 0.6 is 11.6 Å². The molecular weight excluding hydrogens is 370 g/mol. The van der Waals surface area contributed by atoms with Gasteiger partial charge in [-0.05, 0) is 43.5 Å². The Morgan fingerprint density at radius 1 is 1.33 bits per heavy atom. The van der Waals surface area contributed by atoms with Gasteiger partial charge < -0.3 is 20.1 Å². The Morgan fingerprint density at radius 3 is 2.70 bits per heavy atom. The van der Waals surface area contributed by atoms with Crippen molar-refractivity contribution in [3.05, 3.63) is 34.9 Å². The van der Waals surface area contributed by atoms with E-state index < -0.39 is 5.97 Å². The highest BCUT2D eigenvalue weighted by Crippen LogP contribution is 2.37. The van der Waals surface area contributed by atoms with E-state index in [1.807, 2.05) is 24.3 Å². The summed E-state index contributed by atoms with van der Waals surface area (Å²) in [6, 6.07) is 8.02. The van der Waals surface area contributed by atoms with Gasteiger partial charge in [-0.2, -0.15) is 0 Å². The normalized spacial score (nSPS) is 25.1. The molecule has 1 aromatic carbocycles. The maximum atomic E-state index is 12.5. The maximum absolute atomic E-state index is 12.5. The molecule has 7 nitrogen and oxygen atoms in total. The van der Waals surface area contributed by atoms with E-state index in [9.17, 15) is 9.59 Å². The third-order valence-electron chi connectivity index (χ3n) is 5.15. The number of benzene rings is 1. The van der Waals surface area contributed by atoms with Crippen LogP contribution in [0.25, 0.3) is 0 Å². The molecule has 27 heavy (non-hydrogen) atoms. The summed E-state index contributed by atoms with van der Waals surface area (Å²) < 4.78 is 5.67. The van der Waals surface area contributed by atoms with Crippen molar-refractivity contribution in [2.45, 2.75) is 30.9 Å². The number of hydrogen-bond acceptors (Lipinski definition) is 4. The van der Waals surface area contributed by atoms with E-state index in [1.165, 1.54) is 5.56 Å². The number of ether oxygens (including phenoxy) is 1. The minimum absolute atomic E-state index is 0.0415. The fourth-order valence-corrected chi connectivity index (χ4v) is 3.79. The van der Waals surface area contributed by atoms with E-state index in [-0.39, 0.29) is 24.7 Å². The zero-order chi connectivity index (χ0) is 19.4. The van der Waals surface area contributed by atoms with Crippen LogP contribution in [0.3, 0.4) is 0 Å². The monoisotopic (exact) mass is 395 g/mol. The molecule has 2 fully saturated rings. The number of carbonyl (C=O) groups excluding carboxylic acids is 1. The van der Waals surface area contributed by atoms with E-state index >= 15 is 0 Å². The SMILES string of the molecule is CN(CC(=O)O)CC1CN(C(=O)NC2CC(c3ccc(Cl)cc3)C2)CCO1. The van der Waals surface area contributed by atoms with E-state index in [4.69, 9.17) is 21.4 Å². The topological polar surface area (TPSA) is 82.1 Å². The average Bonchev–Trinajstić information content (AvgIpc) is 2.58. The molecule has 2 N–H and O–H groups in total. The number of morpholine rings is 1. The molecule has 0 aromatic heterocycles. The molecule has 0 radical (unpaired) electrons. The van der Waals surface area contributed by atoms with Gasteiger partial charge in [0.25, 0.3) is 0 Å². The number of urea groups is 1. The second-order valence-electron chi connectivity index (χ2n) is 7.40. The van der Waals surface area contributed by atoms with Gasteiger partial charge in [0, 0.05) is 30.7 Å². The minimum Gasteiger partial charge on any atom is -0.480 e. The fraction of sp³-hybridized carbons (Fsp3) is 0.579. The number of amides is 2. The summed E-state index contributed by atoms with van der Waals surface area (Å²) in [6.45, 7) is 1.94. The van der Waals surface area contributed by atoms with Crippen LogP contribution in [-0.2, 0) is 9.53 Å². The van der Waals surface area contributed by atoms with E-state index in [1.54, 1.807) is 16.8 Å². The first-order chi connectivity index (χ1) is 12.9. The lowest BCUT2D eigenvalue weighted by Crippen LogP contribution is -2.55. The third-order valence-corrected chi connectivity index (χ3v) is 5.41. The first-order valence-electron chi connectivity index (χ1n) is 9.23. The van der Waals surface area contributed by atoms with Gasteiger partial charge in [0.05, 0.1) is 19.3 Å². The first kappa shape index (κ1) is 19.9. The van der Waals surface area contributed by atoms with Gasteiger partial charge in [0.2, 0.25) is 0 Å². The summed E-state index contributed by atoms with van der Waals surface area (Å²) in [4.78, 5) is 26.8. The molecule has 148 valence electrons. The molecule has 1 heterocycles. The minimum atomic E-state index is -0.872. The summed E-state index contributed by atoms with van der Waals surface area (Å²) in [7, 11) is 1.74. The Bertz CT molecular complexity index is 663. The van der Waals surface area contributed by atoms with Gasteiger partial charge in [-0.15, -0.1) is 0 Å². The molecule has 0 spiro atoms. The number of nitrogens with one attached hydrogen (secondary N) is 1. The number of halogens is 1. The molecule has 1 aliphatic heterocycles. The van der Waals surface area contributed by atoms with E-state index in [0.29, 0.717) is 32.2 Å². The molecule has 0 bridgehead atoms. The van der Waals surface area contributed by atoms with Gasteiger partial charge in [-0.3, -0.25) is 9.69 Å². The van der Waals surface area contributed by atoms with Crippen molar-refractivity contribution in [2.24, 2.45) is 0 Å². The van der Waals surface area contributed by atoms with Gasteiger partial charge in [-0.25, -0.2) is 4.79 Å². The van der Waals surface area contributed by atoms with Gasteiger partial charge in [-0.1, -0.05) is 23.7 Å². The summed E-state index contributed by atoms with van der Waals surface area (Å²) in [5.41, 5.74) is 1.26. The number of hydrogen-bond donors (Lipinski definition) is 2. The van der Waals surface area contributed by atoms with Crippen LogP contribution in [0, 0.1) is 0 Å². The molecule has 1 atom stereocenters. The Kier molecular flexibility index (Phi) is 6.57. The Morgan fingerprint density at radius 2 is 2.04 bits per heavy atom. The largest absolute Gasteiger partial charge is 0.480 e. The van der Waals surface area contributed by atoms with E-state index in [0.717, 1.165) is 17.9 Å². The van der Waals surface area contributed by atoms with Crippen LogP contribution in [0.2, 0.25) is 5.02 Å². The Hall–Kier alpha value is -1.83. The molecule has 3 rings (SSSR count). The average molecular weight is 396 g/mol. The summed E-state index contributed by atoms with van der Waals surface area (Å²) in [5, 5.41) is 12.7. The number of carboxylic acid groups (broad SMARTS) is 1. The Labute approximate surface area is 164 Å². The number of aliphatic carboxylic acids is 1. The number of likely N-dealkylation sites (N-methyl/N-ethyl adjacent to an activating group) is 1. The predicted molar refractivity (Wildman–Crippen MR) is 102 cm³/mol. The molecule has 1 saturated heterocycles. The van der Waals surface area contributed by atoms with Crippen LogP contribution in [0.1, 0.15) is 24.3 Å². The molecule has 8 heteroatoms. The second kappa shape index (κ2) is 8.91. The highest BCUT2D eigenvalue weighted by molar-refractivity contribution is 6.30. The zero-order valence-corrected chi connectivity index (χ0v) is 16.2. The number of nitrogens with zero attached hydrogens (tertiary/aromatic N) is 2. The highest BCUT2D eigenvalue weighted by atomic mass is 35.5. The van der Waals surface area contributed by atoms with E-state index in [2.05, 4.69) is 5.32 Å². The fourth-order valence-electron chi connectivity index (χ4n) is 3.67. The number of carboxylic acids is 1. The van der Waals surface area contributed by atoms with Crippen LogP contribution in [0.5, 0.6) is 0 Å². The van der Waals surface area contributed by atoms with Crippen molar-refractivity contribution in [1.29, 1.82) is 0 Å². The van der Waals surface area contributed by atoms with Crippen LogP contribution in [0.15, 0.2) is 24.3 Å². The van der Waals surface area contributed by atoms with Crippen molar-refractivity contribution < 1.29 is 19.4 Å². The maximum Gasteiger partial charge on any atom is 0.317 e. The van der Waals surface area contributed by atoms with Gasteiger partial charge in [0.15, 0.2) is 0 Å². The molecular formula is C19H26ClN3O4. The molecule has 1 aliphatic carbocycles. The quantitative estimate of drug-likeness (QED) is 0.770. The highest BCUT2D eigenvalue weighted by Gasteiger charge is 2.33. The first-order valence-corrected chi connectivity index (χ1v) is 9.61. The molecule has 2 amide bonds. The summed E-state index contributed by atoms with van der Waals surface area (Å²) in [6.07, 6.45) is 1.70. The lowest BCUT2D eigenvalue weighted by Gasteiger charge is -2.39. The second-order valence-corrected chi connectivity index (χ2v) is 7.83. The Balaban J connectivity index is 1.42. The van der Waals surface area contributed by atoms with Crippen LogP contribution in [-0.4, -0.2) is 78.9 Å². The summed E-state index contributed by atoms with van der Waals surface area (Å²) >= 11 is 5.92. The smallest absolute Gasteiger partial charge is 0.317 e. The van der Waals surface area contributed by atoms with Crippen molar-refractivity contribution in [2.75, 3.05) is 39.8 Å². The van der Waals surface area contributed by atoms with Crippen LogP contribution in [0.4, 0.5) is 4.79 Å². The lowest BCUT2D eigenvalue weighted by atomic mass is 9.76. The van der Waals surface area contributed by atoms with Crippen molar-refractivity contribution >= 4 is 23.6 Å². The van der Waals surface area contributed by atoms with Gasteiger partial charge >= 0.3 is 12.0 Å². The lowest BCUT2D eigenvalue weighted by molar-refractivity contribution is -0.138. The van der Waals surface area contributed by atoms with Gasteiger partial charge in [0.1, 0.15) is 0 Å². The van der Waals surface area contributed by atoms with Crippen LogP contribution < -0.4 is 5.32 Å².